The molecule has 0 unspecified atom stereocenters. The molecule has 0 bridgehead atoms. The summed E-state index contributed by atoms with van der Waals surface area (Å²) in [4.78, 5) is 22.4. The van der Waals surface area contributed by atoms with E-state index in [-0.39, 0.29) is 11.6 Å². The van der Waals surface area contributed by atoms with Crippen molar-refractivity contribution in [3.05, 3.63) is 59.2 Å². The third-order valence-electron chi connectivity index (χ3n) is 7.63. The van der Waals surface area contributed by atoms with Gasteiger partial charge in [0.2, 0.25) is 5.95 Å². The zero-order valence-electron chi connectivity index (χ0n) is 22.2. The first-order chi connectivity index (χ1) is 18.3. The average molecular weight is 519 g/mol. The second kappa shape index (κ2) is 9.67. The van der Waals surface area contributed by atoms with Crippen LogP contribution in [0.4, 0.5) is 20.5 Å². The highest BCUT2D eigenvalue weighted by Gasteiger charge is 2.28. The Balaban J connectivity index is 1.25. The Hall–Kier alpha value is -3.50. The summed E-state index contributed by atoms with van der Waals surface area (Å²) in [5.74, 6) is 0.462. The monoisotopic (exact) mass is 518 g/mol. The minimum absolute atomic E-state index is 0.0353. The number of benzene rings is 1. The van der Waals surface area contributed by atoms with Crippen LogP contribution in [0.1, 0.15) is 42.9 Å². The Bertz CT molecular complexity index is 1510. The molecule has 6 rings (SSSR count). The van der Waals surface area contributed by atoms with Crippen LogP contribution in [0.25, 0.3) is 22.3 Å². The van der Waals surface area contributed by atoms with Crippen LogP contribution in [-0.2, 0) is 13.0 Å². The predicted octanol–water partition coefficient (Wildman–Crippen LogP) is 4.86. The third kappa shape index (κ3) is 4.74. The van der Waals surface area contributed by atoms with Crippen molar-refractivity contribution in [1.82, 2.24) is 34.3 Å². The molecule has 1 atom stereocenters. The van der Waals surface area contributed by atoms with Gasteiger partial charge in [0.15, 0.2) is 11.6 Å². The molecule has 8 nitrogen and oxygen atoms in total. The molecular formula is C28H32F2N8. The summed E-state index contributed by atoms with van der Waals surface area (Å²) in [5, 5.41) is 3.11. The van der Waals surface area contributed by atoms with Crippen molar-refractivity contribution in [1.29, 1.82) is 0 Å². The number of hydrogen-bond donors (Lipinski definition) is 1. The molecule has 0 saturated heterocycles. The molecule has 38 heavy (non-hydrogen) atoms. The lowest BCUT2D eigenvalue weighted by Crippen LogP contribution is -2.41. The number of nitrogens with one attached hydrogen (secondary N) is 1. The molecule has 0 amide bonds. The highest BCUT2D eigenvalue weighted by atomic mass is 19.1. The molecule has 3 aromatic heterocycles. The fourth-order valence-electron chi connectivity index (χ4n) is 5.18. The van der Waals surface area contributed by atoms with Crippen LogP contribution in [0.15, 0.2) is 30.5 Å². The zero-order valence-corrected chi connectivity index (χ0v) is 22.2. The number of pyridine rings is 1. The van der Waals surface area contributed by atoms with E-state index >= 15 is 4.39 Å². The first-order valence-corrected chi connectivity index (χ1v) is 13.1. The number of imidazole rings is 1. The zero-order chi connectivity index (χ0) is 26.6. The SMILES string of the molecule is Cc1nc2c(F)cc(-c3nc(Nc4ccc5c(n4)CCN(C[C@@H](C)N(C)C)C5)ncc3F)cc2n1C1CC1. The standard InChI is InChI=1S/C28H32F2N8/c1-16(36(3)4)14-37-10-9-23-18(15-37)5-8-25(33-23)34-28-31-13-22(30)26(35-28)19-11-21(29)27-24(12-19)38(17(2)32-27)20-6-7-20/h5,8,11-13,16,20H,6-7,9-10,14-15H2,1-4H3,(H,31,33,34,35)/t16-/m1/s1. The molecule has 1 aliphatic heterocycles. The maximum atomic E-state index is 15.0. The molecule has 0 spiro atoms. The fourth-order valence-corrected chi connectivity index (χ4v) is 5.18. The van der Waals surface area contributed by atoms with E-state index in [4.69, 9.17) is 4.98 Å². The van der Waals surface area contributed by atoms with Crippen molar-refractivity contribution >= 4 is 22.8 Å². The summed E-state index contributed by atoms with van der Waals surface area (Å²) in [5.41, 5.74) is 3.61. The molecule has 0 radical (unpaired) electrons. The van der Waals surface area contributed by atoms with Crippen LogP contribution < -0.4 is 5.32 Å². The van der Waals surface area contributed by atoms with Crippen LogP contribution in [0, 0.1) is 18.6 Å². The van der Waals surface area contributed by atoms with Gasteiger partial charge in [-0.3, -0.25) is 4.90 Å². The van der Waals surface area contributed by atoms with E-state index in [2.05, 4.69) is 57.2 Å². The smallest absolute Gasteiger partial charge is 0.229 e. The first-order valence-electron chi connectivity index (χ1n) is 13.1. The number of rotatable bonds is 7. The lowest BCUT2D eigenvalue weighted by Gasteiger charge is -2.32. The second-order valence-electron chi connectivity index (χ2n) is 10.7. The summed E-state index contributed by atoms with van der Waals surface area (Å²) in [6.45, 7) is 6.92. The van der Waals surface area contributed by atoms with E-state index < -0.39 is 11.6 Å². The van der Waals surface area contributed by atoms with Gasteiger partial charge in [-0.2, -0.15) is 0 Å². The molecular weight excluding hydrogens is 486 g/mol. The molecule has 4 aromatic rings. The highest BCUT2D eigenvalue weighted by molar-refractivity contribution is 5.83. The quantitative estimate of drug-likeness (QED) is 0.374. The molecule has 1 aromatic carbocycles. The van der Waals surface area contributed by atoms with Gasteiger partial charge >= 0.3 is 0 Å². The normalized spacial score (nSPS) is 16.7. The largest absolute Gasteiger partial charge is 0.325 e. The topological polar surface area (TPSA) is 75.0 Å². The van der Waals surface area contributed by atoms with Crippen LogP contribution in [0.2, 0.25) is 0 Å². The molecule has 198 valence electrons. The van der Waals surface area contributed by atoms with Gasteiger partial charge in [0.1, 0.15) is 22.9 Å². The van der Waals surface area contributed by atoms with E-state index in [1.54, 1.807) is 6.07 Å². The van der Waals surface area contributed by atoms with Crippen LogP contribution >= 0.6 is 0 Å². The molecule has 2 aliphatic rings. The van der Waals surface area contributed by atoms with Crippen LogP contribution in [-0.4, -0.2) is 67.5 Å². The van der Waals surface area contributed by atoms with Gasteiger partial charge in [0.05, 0.1) is 11.7 Å². The van der Waals surface area contributed by atoms with Crippen LogP contribution in [0.3, 0.4) is 0 Å². The Morgan fingerprint density at radius 3 is 2.68 bits per heavy atom. The van der Waals surface area contributed by atoms with E-state index in [9.17, 15) is 4.39 Å². The van der Waals surface area contributed by atoms with Gasteiger partial charge in [-0.1, -0.05) is 6.07 Å². The van der Waals surface area contributed by atoms with E-state index in [0.29, 0.717) is 34.5 Å². The number of hydrogen-bond acceptors (Lipinski definition) is 7. The summed E-state index contributed by atoms with van der Waals surface area (Å²) in [6.07, 6.45) is 4.04. The van der Waals surface area contributed by atoms with Gasteiger partial charge in [-0.25, -0.2) is 28.7 Å². The predicted molar refractivity (Wildman–Crippen MR) is 143 cm³/mol. The Morgan fingerprint density at radius 2 is 1.92 bits per heavy atom. The maximum Gasteiger partial charge on any atom is 0.229 e. The molecule has 1 saturated carbocycles. The number of aryl methyl sites for hydroxylation is 1. The van der Waals surface area contributed by atoms with Crippen molar-refractivity contribution in [3.63, 3.8) is 0 Å². The van der Waals surface area contributed by atoms with Gasteiger partial charge in [0, 0.05) is 49.4 Å². The van der Waals surface area contributed by atoms with Gasteiger partial charge in [-0.15, -0.1) is 0 Å². The van der Waals surface area contributed by atoms with E-state index in [1.165, 1.54) is 11.6 Å². The molecule has 4 heterocycles. The molecule has 1 fully saturated rings. The van der Waals surface area contributed by atoms with Crippen molar-refractivity contribution in [2.24, 2.45) is 0 Å². The number of aromatic nitrogens is 5. The average Bonchev–Trinajstić information content (AvgIpc) is 3.66. The van der Waals surface area contributed by atoms with Gasteiger partial charge in [0.25, 0.3) is 0 Å². The lowest BCUT2D eigenvalue weighted by molar-refractivity contribution is 0.180. The Morgan fingerprint density at radius 1 is 1.11 bits per heavy atom. The van der Waals surface area contributed by atoms with Crippen molar-refractivity contribution in [2.75, 3.05) is 32.5 Å². The second-order valence-corrected chi connectivity index (χ2v) is 10.7. The van der Waals surface area contributed by atoms with E-state index in [0.717, 1.165) is 56.6 Å². The molecule has 1 N–H and O–H groups in total. The molecule has 10 heteroatoms. The maximum absolute atomic E-state index is 15.0. The highest BCUT2D eigenvalue weighted by Crippen LogP contribution is 2.40. The molecule has 1 aliphatic carbocycles. The van der Waals surface area contributed by atoms with E-state index in [1.807, 2.05) is 17.6 Å². The summed E-state index contributed by atoms with van der Waals surface area (Å²) >= 11 is 0. The number of likely N-dealkylation sites (N-methyl/N-ethyl adjacent to an activating group) is 1. The van der Waals surface area contributed by atoms with Crippen molar-refractivity contribution < 1.29 is 8.78 Å². The Kier molecular flexibility index (Phi) is 6.31. The van der Waals surface area contributed by atoms with Crippen molar-refractivity contribution in [2.45, 2.75) is 51.7 Å². The third-order valence-corrected chi connectivity index (χ3v) is 7.63. The van der Waals surface area contributed by atoms with Gasteiger partial charge < -0.3 is 14.8 Å². The van der Waals surface area contributed by atoms with Crippen molar-refractivity contribution in [3.8, 4) is 11.3 Å². The number of halogens is 2. The first kappa shape index (κ1) is 24.8. The van der Waals surface area contributed by atoms with Crippen LogP contribution in [0.5, 0.6) is 0 Å². The summed E-state index contributed by atoms with van der Waals surface area (Å²) in [6, 6.07) is 7.83. The summed E-state index contributed by atoms with van der Waals surface area (Å²) in [7, 11) is 4.20. The number of anilines is 2. The summed E-state index contributed by atoms with van der Waals surface area (Å²) < 4.78 is 31.9. The lowest BCUT2D eigenvalue weighted by atomic mass is 10.0. The minimum atomic E-state index is -0.617. The Labute approximate surface area is 220 Å². The number of fused-ring (bicyclic) bond motifs is 2. The van der Waals surface area contributed by atoms with Gasteiger partial charge in [-0.05, 0) is 64.5 Å². The fraction of sp³-hybridized carbons (Fsp3) is 0.429. The number of nitrogens with zero attached hydrogens (tertiary/aromatic N) is 7. The minimum Gasteiger partial charge on any atom is -0.325 e.